The smallest absolute Gasteiger partial charge is 0.387 e. The van der Waals surface area contributed by atoms with Gasteiger partial charge in [-0.2, -0.15) is 0 Å². The van der Waals surface area contributed by atoms with Crippen molar-refractivity contribution in [1.82, 2.24) is 5.32 Å². The summed E-state index contributed by atoms with van der Waals surface area (Å²) in [6, 6.07) is -1.11. The van der Waals surface area contributed by atoms with Crippen molar-refractivity contribution in [3.05, 3.63) is 12.2 Å². The van der Waals surface area contributed by atoms with E-state index in [9.17, 15) is 44.9 Å². The minimum atomic E-state index is -5.05. The molecule has 9 atom stereocenters. The van der Waals surface area contributed by atoms with Crippen LogP contribution in [-0.4, -0.2) is 96.8 Å². The van der Waals surface area contributed by atoms with E-state index in [4.69, 9.17) is 9.05 Å². The topological polar surface area (TPSA) is 206 Å². The van der Waals surface area contributed by atoms with Crippen LogP contribution < -0.4 is 5.32 Å². The third-order valence-electron chi connectivity index (χ3n) is 8.57. The first-order chi connectivity index (χ1) is 21.9. The Morgan fingerprint density at radius 1 is 0.717 bits per heavy atom. The normalized spacial score (nSPS) is 26.2. The number of amides is 1. The molecule has 1 aliphatic carbocycles. The summed E-state index contributed by atoms with van der Waals surface area (Å²) in [6.45, 7) is 3.73. The van der Waals surface area contributed by atoms with Crippen molar-refractivity contribution in [2.75, 3.05) is 6.61 Å². The lowest BCUT2D eigenvalue weighted by Crippen LogP contribution is -2.64. The Hall–Kier alpha value is -0.920. The lowest BCUT2D eigenvalue weighted by molar-refractivity contribution is -0.220. The molecule has 1 saturated carbocycles. The lowest BCUT2D eigenvalue weighted by atomic mass is 9.85. The number of unbranched alkanes of at least 4 members (excludes halogenated alkanes) is 16. The maximum absolute atomic E-state index is 12.7. The van der Waals surface area contributed by atoms with Gasteiger partial charge in [-0.25, -0.2) is 4.57 Å². The van der Waals surface area contributed by atoms with Crippen molar-refractivity contribution >= 4 is 13.7 Å². The molecule has 272 valence electrons. The molecule has 0 aromatic rings. The molecule has 1 fully saturated rings. The van der Waals surface area contributed by atoms with Crippen molar-refractivity contribution in [2.24, 2.45) is 0 Å². The molecule has 1 aliphatic rings. The molecular weight excluding hydrogens is 617 g/mol. The average Bonchev–Trinajstić information content (AvgIpc) is 3.03. The van der Waals surface area contributed by atoms with E-state index in [-0.39, 0.29) is 12.3 Å². The van der Waals surface area contributed by atoms with Crippen molar-refractivity contribution < 1.29 is 53.9 Å². The van der Waals surface area contributed by atoms with Crippen LogP contribution in [0.1, 0.15) is 136 Å². The fraction of sp³-hybridized carbons (Fsp3) is 0.909. The molecule has 0 aromatic carbocycles. The standard InChI is InChI=1S/C33H64NO11P/c1-3-5-7-9-11-13-14-15-16-18-20-22-26(35)25(34-27(36)23-21-19-17-12-10-8-6-4-2)24-44-46(42,43)45-33-31(40)29(38)28(37)30(39)32(33)41/h20,22,25-26,28-33,35,37-41H,3-19,21,23-24H2,1-2H3,(H,34,36)(H,42,43)/b22-20+/t25-,26+,28?,29+,30?,31?,32?,33?/m0/s1. The number of allylic oxidation sites excluding steroid dienone is 1. The SMILES string of the molecule is CCCCCCCCCCC/C=C/[C@@H](O)[C@H](COP(=O)(O)OC1C(O)C(O)C(O)[C@@H](O)C1O)NC(=O)CCCCCCCCCC. The molecule has 1 amide bonds. The molecule has 12 nitrogen and oxygen atoms in total. The average molecular weight is 682 g/mol. The van der Waals surface area contributed by atoms with E-state index < -0.39 is 63.2 Å². The van der Waals surface area contributed by atoms with Crippen molar-refractivity contribution in [1.29, 1.82) is 0 Å². The quantitative estimate of drug-likeness (QED) is 0.0351. The molecule has 6 unspecified atom stereocenters. The van der Waals surface area contributed by atoms with E-state index >= 15 is 0 Å². The molecule has 0 aliphatic heterocycles. The van der Waals surface area contributed by atoms with Gasteiger partial charge in [0.25, 0.3) is 0 Å². The van der Waals surface area contributed by atoms with E-state index in [0.29, 0.717) is 6.42 Å². The summed E-state index contributed by atoms with van der Waals surface area (Å²) in [5.41, 5.74) is 0. The van der Waals surface area contributed by atoms with Gasteiger partial charge >= 0.3 is 7.82 Å². The summed E-state index contributed by atoms with van der Waals surface area (Å²) in [4.78, 5) is 23.0. The van der Waals surface area contributed by atoms with Gasteiger partial charge in [-0.3, -0.25) is 13.8 Å². The van der Waals surface area contributed by atoms with Crippen molar-refractivity contribution in [3.63, 3.8) is 0 Å². The van der Waals surface area contributed by atoms with E-state index in [0.717, 1.165) is 44.9 Å². The molecular formula is C33H64NO11P. The number of carbonyl (C=O) groups excluding carboxylic acids is 1. The number of phosphoric acid groups is 1. The highest BCUT2D eigenvalue weighted by Crippen LogP contribution is 2.47. The number of carbonyl (C=O) groups is 1. The summed E-state index contributed by atoms with van der Waals surface area (Å²) < 4.78 is 22.6. The van der Waals surface area contributed by atoms with E-state index in [1.54, 1.807) is 0 Å². The van der Waals surface area contributed by atoms with Gasteiger partial charge in [0.2, 0.25) is 5.91 Å². The Kier molecular flexibility index (Phi) is 23.5. The zero-order valence-electron chi connectivity index (χ0n) is 28.1. The largest absolute Gasteiger partial charge is 0.472 e. The number of aliphatic hydroxyl groups excluding tert-OH is 6. The first-order valence-electron chi connectivity index (χ1n) is 17.6. The van der Waals surface area contributed by atoms with Crippen LogP contribution in [0.2, 0.25) is 0 Å². The highest BCUT2D eigenvalue weighted by Gasteiger charge is 2.51. The molecule has 13 heteroatoms. The lowest BCUT2D eigenvalue weighted by Gasteiger charge is -2.41. The number of nitrogens with one attached hydrogen (secondary N) is 1. The third kappa shape index (κ3) is 18.0. The summed E-state index contributed by atoms with van der Waals surface area (Å²) in [6.07, 6.45) is 10.4. The van der Waals surface area contributed by atoms with Gasteiger partial charge in [0, 0.05) is 6.42 Å². The number of aliphatic hydroxyl groups is 6. The van der Waals surface area contributed by atoms with Gasteiger partial charge in [0.1, 0.15) is 36.6 Å². The zero-order valence-corrected chi connectivity index (χ0v) is 29.0. The van der Waals surface area contributed by atoms with Crippen LogP contribution in [0.4, 0.5) is 0 Å². The van der Waals surface area contributed by atoms with Crippen LogP contribution in [-0.2, 0) is 18.4 Å². The predicted octanol–water partition coefficient (Wildman–Crippen LogP) is 4.16. The molecule has 0 spiro atoms. The Balaban J connectivity index is 2.67. The summed E-state index contributed by atoms with van der Waals surface area (Å²) in [5.74, 6) is -0.349. The van der Waals surface area contributed by atoms with Crippen LogP contribution >= 0.6 is 7.82 Å². The fourth-order valence-electron chi connectivity index (χ4n) is 5.55. The Morgan fingerprint density at radius 2 is 1.15 bits per heavy atom. The summed E-state index contributed by atoms with van der Waals surface area (Å²) >= 11 is 0. The summed E-state index contributed by atoms with van der Waals surface area (Å²) in [7, 11) is -5.05. The van der Waals surface area contributed by atoms with Crippen LogP contribution in [0.3, 0.4) is 0 Å². The van der Waals surface area contributed by atoms with E-state index in [2.05, 4.69) is 19.2 Å². The number of phosphoric ester groups is 1. The molecule has 8 N–H and O–H groups in total. The van der Waals surface area contributed by atoms with Crippen molar-refractivity contribution in [2.45, 2.75) is 185 Å². The maximum Gasteiger partial charge on any atom is 0.472 e. The van der Waals surface area contributed by atoms with Gasteiger partial charge < -0.3 is 40.8 Å². The van der Waals surface area contributed by atoms with Gasteiger partial charge in [-0.1, -0.05) is 122 Å². The molecule has 0 aromatic heterocycles. The van der Waals surface area contributed by atoms with E-state index in [1.807, 2.05) is 6.08 Å². The van der Waals surface area contributed by atoms with Crippen LogP contribution in [0.5, 0.6) is 0 Å². The molecule has 1 rings (SSSR count). The predicted molar refractivity (Wildman–Crippen MR) is 177 cm³/mol. The highest BCUT2D eigenvalue weighted by atomic mass is 31.2. The minimum absolute atomic E-state index is 0.214. The Morgan fingerprint density at radius 3 is 1.65 bits per heavy atom. The number of rotatable bonds is 27. The molecule has 0 radical (unpaired) electrons. The highest BCUT2D eigenvalue weighted by molar-refractivity contribution is 7.47. The Bertz CT molecular complexity index is 847. The second kappa shape index (κ2) is 25.1. The molecule has 0 saturated heterocycles. The number of hydrogen-bond donors (Lipinski definition) is 8. The number of hydrogen-bond acceptors (Lipinski definition) is 10. The third-order valence-corrected chi connectivity index (χ3v) is 9.55. The summed E-state index contributed by atoms with van der Waals surface area (Å²) in [5, 5.41) is 63.3. The minimum Gasteiger partial charge on any atom is -0.387 e. The monoisotopic (exact) mass is 681 g/mol. The van der Waals surface area contributed by atoms with Gasteiger partial charge in [0.15, 0.2) is 0 Å². The van der Waals surface area contributed by atoms with Crippen LogP contribution in [0.25, 0.3) is 0 Å². The second-order valence-electron chi connectivity index (χ2n) is 12.7. The van der Waals surface area contributed by atoms with Gasteiger partial charge in [-0.05, 0) is 19.3 Å². The molecule has 0 bridgehead atoms. The second-order valence-corrected chi connectivity index (χ2v) is 14.1. The van der Waals surface area contributed by atoms with Crippen molar-refractivity contribution in [3.8, 4) is 0 Å². The Labute approximate surface area is 276 Å². The first kappa shape index (κ1) is 43.1. The van der Waals surface area contributed by atoms with Gasteiger partial charge in [0.05, 0.1) is 18.8 Å². The van der Waals surface area contributed by atoms with Crippen LogP contribution in [0.15, 0.2) is 12.2 Å². The zero-order chi connectivity index (χ0) is 34.4. The first-order valence-corrected chi connectivity index (χ1v) is 19.1. The fourth-order valence-corrected chi connectivity index (χ4v) is 6.51. The van der Waals surface area contributed by atoms with Gasteiger partial charge in [-0.15, -0.1) is 0 Å². The van der Waals surface area contributed by atoms with Crippen LogP contribution in [0, 0.1) is 0 Å². The maximum atomic E-state index is 12.7. The van der Waals surface area contributed by atoms with E-state index in [1.165, 1.54) is 70.3 Å². The molecule has 46 heavy (non-hydrogen) atoms. The molecule has 0 heterocycles.